The van der Waals surface area contributed by atoms with Gasteiger partial charge < -0.3 is 9.52 Å². The minimum atomic E-state index is -0.738. The van der Waals surface area contributed by atoms with Crippen molar-refractivity contribution < 1.29 is 14.3 Å². The van der Waals surface area contributed by atoms with E-state index in [1.165, 1.54) is 0 Å². The van der Waals surface area contributed by atoms with Crippen molar-refractivity contribution in [3.8, 4) is 0 Å². The zero-order valence-corrected chi connectivity index (χ0v) is 11.1. The van der Waals surface area contributed by atoms with Gasteiger partial charge in [0.25, 0.3) is 0 Å². The molecule has 1 N–H and O–H groups in total. The number of aromatic nitrogens is 1. The van der Waals surface area contributed by atoms with Crippen molar-refractivity contribution in [3.05, 3.63) is 29.2 Å². The topological polar surface area (TPSA) is 63.3 Å². The molecule has 1 fully saturated rings. The number of aliphatic carboxylic acids is 1. The van der Waals surface area contributed by atoms with Gasteiger partial charge in [-0.05, 0) is 43.9 Å². The summed E-state index contributed by atoms with van der Waals surface area (Å²) in [7, 11) is 0. The van der Waals surface area contributed by atoms with Crippen LogP contribution in [0.5, 0.6) is 0 Å². The molecule has 1 saturated carbocycles. The van der Waals surface area contributed by atoms with Crippen molar-refractivity contribution in [2.75, 3.05) is 0 Å². The second kappa shape index (κ2) is 4.37. The summed E-state index contributed by atoms with van der Waals surface area (Å²) in [6.07, 6.45) is 2.50. The van der Waals surface area contributed by atoms with Crippen LogP contribution in [0, 0.1) is 19.8 Å². The van der Waals surface area contributed by atoms with Crippen LogP contribution in [0.3, 0.4) is 0 Å². The molecule has 4 heteroatoms. The average molecular weight is 259 g/mol. The van der Waals surface area contributed by atoms with Gasteiger partial charge in [0, 0.05) is 5.92 Å². The van der Waals surface area contributed by atoms with Crippen molar-refractivity contribution in [1.29, 1.82) is 0 Å². The maximum absolute atomic E-state index is 11.3. The Kier molecular flexibility index (Phi) is 2.81. The maximum atomic E-state index is 11.3. The number of carboxylic acids is 1. The number of fused-ring (bicyclic) bond motifs is 1. The van der Waals surface area contributed by atoms with E-state index < -0.39 is 5.97 Å². The van der Waals surface area contributed by atoms with E-state index in [4.69, 9.17) is 4.42 Å². The molecule has 0 saturated heterocycles. The smallest absolute Gasteiger partial charge is 0.307 e. The Balaban J connectivity index is 2.06. The summed E-state index contributed by atoms with van der Waals surface area (Å²) >= 11 is 0. The van der Waals surface area contributed by atoms with Gasteiger partial charge in [-0.2, -0.15) is 0 Å². The molecular weight excluding hydrogens is 242 g/mol. The fraction of sp³-hybridized carbons (Fsp3) is 0.467. The molecule has 2 unspecified atom stereocenters. The number of rotatable bonds is 2. The zero-order valence-electron chi connectivity index (χ0n) is 11.1. The number of aryl methyl sites for hydroxylation is 2. The summed E-state index contributed by atoms with van der Waals surface area (Å²) in [5.41, 5.74) is 3.82. The lowest BCUT2D eigenvalue weighted by atomic mass is 9.96. The second-order valence-corrected chi connectivity index (χ2v) is 5.46. The lowest BCUT2D eigenvalue weighted by Gasteiger charge is -2.10. The summed E-state index contributed by atoms with van der Waals surface area (Å²) in [6.45, 7) is 4.02. The number of carboxylic acid groups (broad SMARTS) is 1. The van der Waals surface area contributed by atoms with Crippen molar-refractivity contribution in [2.24, 2.45) is 5.92 Å². The molecule has 2 aromatic rings. The van der Waals surface area contributed by atoms with E-state index in [1.807, 2.05) is 19.9 Å². The first-order valence-corrected chi connectivity index (χ1v) is 6.67. The number of carbonyl (C=O) groups is 1. The lowest BCUT2D eigenvalue weighted by molar-refractivity contribution is -0.142. The van der Waals surface area contributed by atoms with Crippen LogP contribution >= 0.6 is 0 Å². The Hall–Kier alpha value is -1.84. The Morgan fingerprint density at radius 2 is 2.16 bits per heavy atom. The van der Waals surface area contributed by atoms with Gasteiger partial charge in [0.05, 0.1) is 5.92 Å². The molecule has 1 aliphatic rings. The second-order valence-electron chi connectivity index (χ2n) is 5.46. The first-order valence-electron chi connectivity index (χ1n) is 6.67. The van der Waals surface area contributed by atoms with E-state index in [1.54, 1.807) is 0 Å². The fourth-order valence-electron chi connectivity index (χ4n) is 3.10. The first kappa shape index (κ1) is 12.2. The number of benzene rings is 1. The molecule has 19 heavy (non-hydrogen) atoms. The molecule has 4 nitrogen and oxygen atoms in total. The molecule has 1 aliphatic carbocycles. The Bertz CT molecular complexity index is 644. The predicted molar refractivity (Wildman–Crippen MR) is 71.2 cm³/mol. The minimum Gasteiger partial charge on any atom is -0.481 e. The van der Waals surface area contributed by atoms with Crippen LogP contribution in [0.25, 0.3) is 11.1 Å². The molecule has 0 radical (unpaired) electrons. The van der Waals surface area contributed by atoms with Crippen LogP contribution < -0.4 is 0 Å². The van der Waals surface area contributed by atoms with Crippen molar-refractivity contribution in [3.63, 3.8) is 0 Å². The number of hydrogen-bond donors (Lipinski definition) is 1. The largest absolute Gasteiger partial charge is 0.481 e. The highest BCUT2D eigenvalue weighted by Crippen LogP contribution is 2.40. The van der Waals surface area contributed by atoms with Gasteiger partial charge in [0.15, 0.2) is 11.5 Å². The maximum Gasteiger partial charge on any atom is 0.307 e. The quantitative estimate of drug-likeness (QED) is 0.897. The Morgan fingerprint density at radius 1 is 1.37 bits per heavy atom. The summed E-state index contributed by atoms with van der Waals surface area (Å²) in [5, 5.41) is 9.25. The van der Waals surface area contributed by atoms with Crippen LogP contribution in [0.4, 0.5) is 0 Å². The highest BCUT2D eigenvalue weighted by atomic mass is 16.4. The van der Waals surface area contributed by atoms with Gasteiger partial charge in [-0.15, -0.1) is 0 Å². The third kappa shape index (κ3) is 2.01. The van der Waals surface area contributed by atoms with Crippen LogP contribution in [-0.4, -0.2) is 16.1 Å². The van der Waals surface area contributed by atoms with E-state index in [2.05, 4.69) is 11.1 Å². The third-order valence-electron chi connectivity index (χ3n) is 3.99. The number of nitrogens with zero attached hydrogens (tertiary/aromatic N) is 1. The SMILES string of the molecule is Cc1cc(C)c2oc(C3CCCC3C(=O)O)nc2c1. The van der Waals surface area contributed by atoms with Crippen LogP contribution in [0.15, 0.2) is 16.5 Å². The lowest BCUT2D eigenvalue weighted by Crippen LogP contribution is -2.16. The molecule has 1 heterocycles. The normalized spacial score (nSPS) is 23.1. The Labute approximate surface area is 111 Å². The molecule has 0 aliphatic heterocycles. The number of oxazole rings is 1. The van der Waals surface area contributed by atoms with Crippen molar-refractivity contribution >= 4 is 17.1 Å². The standard InChI is InChI=1S/C15H17NO3/c1-8-6-9(2)13-12(7-8)16-14(19-13)10-4-3-5-11(10)15(17)18/h6-7,10-11H,3-5H2,1-2H3,(H,17,18). The first-order chi connectivity index (χ1) is 9.06. The van der Waals surface area contributed by atoms with Gasteiger partial charge in [-0.1, -0.05) is 12.5 Å². The van der Waals surface area contributed by atoms with E-state index in [0.29, 0.717) is 5.89 Å². The van der Waals surface area contributed by atoms with Crippen molar-refractivity contribution in [1.82, 2.24) is 4.98 Å². The van der Waals surface area contributed by atoms with Gasteiger partial charge >= 0.3 is 5.97 Å². The van der Waals surface area contributed by atoms with Crippen LogP contribution in [0.2, 0.25) is 0 Å². The highest BCUT2D eigenvalue weighted by Gasteiger charge is 2.37. The average Bonchev–Trinajstić information content (AvgIpc) is 2.92. The summed E-state index contributed by atoms with van der Waals surface area (Å²) in [5.74, 6) is -0.578. The molecule has 2 atom stereocenters. The predicted octanol–water partition coefficient (Wildman–Crippen LogP) is 3.41. The van der Waals surface area contributed by atoms with Crippen molar-refractivity contribution in [2.45, 2.75) is 39.0 Å². The molecule has 1 aromatic carbocycles. The van der Waals surface area contributed by atoms with Gasteiger partial charge in [-0.3, -0.25) is 4.79 Å². The molecule has 1 aromatic heterocycles. The molecule has 100 valence electrons. The molecule has 0 amide bonds. The van der Waals surface area contributed by atoms with Gasteiger partial charge in [0.1, 0.15) is 5.52 Å². The summed E-state index contributed by atoms with van der Waals surface area (Å²) in [6, 6.07) is 4.04. The van der Waals surface area contributed by atoms with Crippen LogP contribution in [0.1, 0.15) is 42.2 Å². The van der Waals surface area contributed by atoms with E-state index >= 15 is 0 Å². The third-order valence-corrected chi connectivity index (χ3v) is 3.99. The molecule has 0 spiro atoms. The Morgan fingerprint density at radius 3 is 2.89 bits per heavy atom. The summed E-state index contributed by atoms with van der Waals surface area (Å²) in [4.78, 5) is 15.8. The minimum absolute atomic E-state index is 0.0791. The monoisotopic (exact) mass is 259 g/mol. The van der Waals surface area contributed by atoms with E-state index in [9.17, 15) is 9.90 Å². The fourth-order valence-corrected chi connectivity index (χ4v) is 3.10. The number of hydrogen-bond acceptors (Lipinski definition) is 3. The van der Waals surface area contributed by atoms with Gasteiger partial charge in [0.2, 0.25) is 0 Å². The molecule has 3 rings (SSSR count). The summed E-state index contributed by atoms with van der Waals surface area (Å²) < 4.78 is 5.84. The van der Waals surface area contributed by atoms with E-state index in [0.717, 1.165) is 41.5 Å². The zero-order chi connectivity index (χ0) is 13.6. The van der Waals surface area contributed by atoms with Crippen LogP contribution in [-0.2, 0) is 4.79 Å². The molecule has 0 bridgehead atoms. The van der Waals surface area contributed by atoms with E-state index in [-0.39, 0.29) is 11.8 Å². The highest BCUT2D eigenvalue weighted by molar-refractivity contribution is 5.77. The van der Waals surface area contributed by atoms with Gasteiger partial charge in [-0.25, -0.2) is 4.98 Å². The molecular formula is C15H17NO3.